The molecule has 18 heavy (non-hydrogen) atoms. The van der Waals surface area contributed by atoms with Gasteiger partial charge in [-0.2, -0.15) is 4.39 Å². The van der Waals surface area contributed by atoms with Gasteiger partial charge in [0.15, 0.2) is 0 Å². The van der Waals surface area contributed by atoms with Crippen LogP contribution in [0.4, 0.5) is 20.3 Å². The van der Waals surface area contributed by atoms with E-state index in [4.69, 9.17) is 5.73 Å². The monoisotopic (exact) mass is 249 g/mol. The lowest BCUT2D eigenvalue weighted by Gasteiger charge is -2.05. The van der Waals surface area contributed by atoms with E-state index in [2.05, 4.69) is 10.3 Å². The molecule has 0 unspecified atom stereocenters. The van der Waals surface area contributed by atoms with Crippen LogP contribution in [0.5, 0.6) is 0 Å². The molecule has 0 aliphatic rings. The van der Waals surface area contributed by atoms with Crippen molar-refractivity contribution in [1.82, 2.24) is 4.98 Å². The number of carbonyl (C=O) groups excluding carboxylic acids is 1. The van der Waals surface area contributed by atoms with Crippen molar-refractivity contribution in [3.05, 3.63) is 53.7 Å². The number of rotatable bonds is 2. The Kier molecular flexibility index (Phi) is 3.18. The molecule has 0 spiro atoms. The number of benzene rings is 1. The number of nitrogen functional groups attached to an aromatic ring is 1. The second-order valence-electron chi connectivity index (χ2n) is 3.54. The topological polar surface area (TPSA) is 68.0 Å². The summed E-state index contributed by atoms with van der Waals surface area (Å²) in [4.78, 5) is 15.2. The summed E-state index contributed by atoms with van der Waals surface area (Å²) in [6.45, 7) is 0. The van der Waals surface area contributed by atoms with E-state index in [0.29, 0.717) is 0 Å². The Morgan fingerprint density at radius 1 is 1.22 bits per heavy atom. The number of hydrogen-bond donors (Lipinski definition) is 2. The van der Waals surface area contributed by atoms with Crippen molar-refractivity contribution in [1.29, 1.82) is 0 Å². The van der Waals surface area contributed by atoms with Crippen LogP contribution in [0.15, 0.2) is 36.4 Å². The highest BCUT2D eigenvalue weighted by molar-refractivity contribution is 6.04. The van der Waals surface area contributed by atoms with E-state index in [0.717, 1.165) is 12.1 Å². The Labute approximate surface area is 101 Å². The fourth-order valence-electron chi connectivity index (χ4n) is 1.35. The van der Waals surface area contributed by atoms with Gasteiger partial charge < -0.3 is 11.1 Å². The molecule has 1 heterocycles. The lowest BCUT2D eigenvalue weighted by Crippen LogP contribution is -2.13. The van der Waals surface area contributed by atoms with Crippen molar-refractivity contribution in [3.8, 4) is 0 Å². The number of amides is 1. The van der Waals surface area contributed by atoms with E-state index in [1.165, 1.54) is 24.3 Å². The fourth-order valence-corrected chi connectivity index (χ4v) is 1.35. The first kappa shape index (κ1) is 12.0. The van der Waals surface area contributed by atoms with E-state index in [1.807, 2.05) is 0 Å². The van der Waals surface area contributed by atoms with Gasteiger partial charge in [-0.1, -0.05) is 6.07 Å². The highest BCUT2D eigenvalue weighted by Gasteiger charge is 2.09. The fraction of sp³-hybridized carbons (Fsp3) is 0. The number of nitrogens with zero attached hydrogens (tertiary/aromatic N) is 1. The standard InChI is InChI=1S/C12H9F2N3O/c13-8-5-4-7(6-9(8)15)12(18)17-11-3-1-2-10(14)16-11/h1-6H,15H2,(H,16,17,18). The summed E-state index contributed by atoms with van der Waals surface area (Å²) >= 11 is 0. The van der Waals surface area contributed by atoms with Crippen molar-refractivity contribution >= 4 is 17.4 Å². The molecule has 1 amide bonds. The van der Waals surface area contributed by atoms with Gasteiger partial charge in [-0.15, -0.1) is 0 Å². The molecule has 0 aliphatic carbocycles. The Balaban J connectivity index is 2.19. The van der Waals surface area contributed by atoms with E-state index < -0.39 is 17.7 Å². The first-order chi connectivity index (χ1) is 8.56. The Morgan fingerprint density at radius 3 is 2.67 bits per heavy atom. The number of carbonyl (C=O) groups is 1. The molecule has 0 saturated carbocycles. The van der Waals surface area contributed by atoms with Crippen LogP contribution in [0, 0.1) is 11.8 Å². The Bertz CT molecular complexity index is 602. The molecule has 1 aromatic carbocycles. The first-order valence-electron chi connectivity index (χ1n) is 5.05. The lowest BCUT2D eigenvalue weighted by atomic mass is 10.2. The predicted octanol–water partition coefficient (Wildman–Crippen LogP) is 2.19. The minimum Gasteiger partial charge on any atom is -0.396 e. The molecule has 2 aromatic rings. The molecular weight excluding hydrogens is 240 g/mol. The van der Waals surface area contributed by atoms with E-state index >= 15 is 0 Å². The van der Waals surface area contributed by atoms with Gasteiger partial charge in [0.25, 0.3) is 5.91 Å². The molecule has 6 heteroatoms. The molecular formula is C12H9F2N3O. The van der Waals surface area contributed by atoms with Crippen LogP contribution in [0.25, 0.3) is 0 Å². The van der Waals surface area contributed by atoms with Gasteiger partial charge in [0.1, 0.15) is 11.6 Å². The van der Waals surface area contributed by atoms with Crippen molar-refractivity contribution in [2.24, 2.45) is 0 Å². The van der Waals surface area contributed by atoms with Crippen LogP contribution in [0.3, 0.4) is 0 Å². The average Bonchev–Trinajstić information content (AvgIpc) is 2.32. The summed E-state index contributed by atoms with van der Waals surface area (Å²) in [5, 5.41) is 2.38. The zero-order chi connectivity index (χ0) is 13.1. The van der Waals surface area contributed by atoms with Crippen molar-refractivity contribution < 1.29 is 13.6 Å². The van der Waals surface area contributed by atoms with E-state index in [9.17, 15) is 13.6 Å². The first-order valence-corrected chi connectivity index (χ1v) is 5.05. The van der Waals surface area contributed by atoms with Gasteiger partial charge >= 0.3 is 0 Å². The van der Waals surface area contributed by atoms with Crippen molar-refractivity contribution in [2.45, 2.75) is 0 Å². The second kappa shape index (κ2) is 4.79. The maximum absolute atomic E-state index is 12.9. The van der Waals surface area contributed by atoms with Gasteiger partial charge in [-0.3, -0.25) is 4.79 Å². The zero-order valence-corrected chi connectivity index (χ0v) is 9.15. The normalized spacial score (nSPS) is 10.1. The molecule has 0 aliphatic heterocycles. The highest BCUT2D eigenvalue weighted by atomic mass is 19.1. The largest absolute Gasteiger partial charge is 0.396 e. The molecule has 2 rings (SSSR count). The number of halogens is 2. The van der Waals surface area contributed by atoms with Crippen LogP contribution in [0.2, 0.25) is 0 Å². The quantitative estimate of drug-likeness (QED) is 0.633. The number of hydrogen-bond acceptors (Lipinski definition) is 3. The third-order valence-corrected chi connectivity index (χ3v) is 2.21. The summed E-state index contributed by atoms with van der Waals surface area (Å²) in [6, 6.07) is 7.57. The lowest BCUT2D eigenvalue weighted by molar-refractivity contribution is 0.102. The predicted molar refractivity (Wildman–Crippen MR) is 63.0 cm³/mol. The van der Waals surface area contributed by atoms with Crippen LogP contribution < -0.4 is 11.1 Å². The van der Waals surface area contributed by atoms with Crippen LogP contribution in [-0.4, -0.2) is 10.9 Å². The number of nitrogens with two attached hydrogens (primary N) is 1. The molecule has 0 fully saturated rings. The van der Waals surface area contributed by atoms with Crippen LogP contribution in [0.1, 0.15) is 10.4 Å². The summed E-state index contributed by atoms with van der Waals surface area (Å²) in [6.07, 6.45) is 0. The second-order valence-corrected chi connectivity index (χ2v) is 3.54. The van der Waals surface area contributed by atoms with Gasteiger partial charge in [-0.05, 0) is 30.3 Å². The number of aromatic nitrogens is 1. The Hall–Kier alpha value is -2.50. The van der Waals surface area contributed by atoms with Gasteiger partial charge in [-0.25, -0.2) is 9.37 Å². The van der Waals surface area contributed by atoms with Gasteiger partial charge in [0.05, 0.1) is 5.69 Å². The number of nitrogens with one attached hydrogen (secondary N) is 1. The zero-order valence-electron chi connectivity index (χ0n) is 9.15. The molecule has 0 saturated heterocycles. The molecule has 92 valence electrons. The maximum atomic E-state index is 12.9. The smallest absolute Gasteiger partial charge is 0.256 e. The minimum absolute atomic E-state index is 0.0721. The van der Waals surface area contributed by atoms with Crippen molar-refractivity contribution in [3.63, 3.8) is 0 Å². The van der Waals surface area contributed by atoms with Crippen LogP contribution >= 0.6 is 0 Å². The molecule has 0 radical (unpaired) electrons. The SMILES string of the molecule is Nc1cc(C(=O)Nc2cccc(F)n2)ccc1F. The van der Waals surface area contributed by atoms with E-state index in [1.54, 1.807) is 0 Å². The minimum atomic E-state index is -0.702. The van der Waals surface area contributed by atoms with Gasteiger partial charge in [0, 0.05) is 5.56 Å². The summed E-state index contributed by atoms with van der Waals surface area (Å²) in [5.41, 5.74) is 5.38. The maximum Gasteiger partial charge on any atom is 0.256 e. The third kappa shape index (κ3) is 2.60. The van der Waals surface area contributed by atoms with Crippen LogP contribution in [-0.2, 0) is 0 Å². The van der Waals surface area contributed by atoms with Gasteiger partial charge in [0.2, 0.25) is 5.95 Å². The number of anilines is 2. The molecule has 0 atom stereocenters. The molecule has 1 aromatic heterocycles. The molecule has 0 bridgehead atoms. The average molecular weight is 249 g/mol. The summed E-state index contributed by atoms with van der Waals surface area (Å²) in [7, 11) is 0. The van der Waals surface area contributed by atoms with E-state index in [-0.39, 0.29) is 17.1 Å². The summed E-state index contributed by atoms with van der Waals surface area (Å²) in [5.74, 6) is -1.77. The van der Waals surface area contributed by atoms with Crippen molar-refractivity contribution in [2.75, 3.05) is 11.1 Å². The third-order valence-electron chi connectivity index (χ3n) is 2.21. The Morgan fingerprint density at radius 2 is 2.00 bits per heavy atom. The molecule has 3 N–H and O–H groups in total. The highest BCUT2D eigenvalue weighted by Crippen LogP contribution is 2.13. The number of pyridine rings is 1. The molecule has 4 nitrogen and oxygen atoms in total. The summed E-state index contributed by atoms with van der Waals surface area (Å²) < 4.78 is 25.7.